The highest BCUT2D eigenvalue weighted by Gasteiger charge is 2.55. The van der Waals surface area contributed by atoms with Crippen molar-refractivity contribution in [2.45, 2.75) is 167 Å². The number of nitrogens with one attached hydrogen (secondary N) is 2. The first-order chi connectivity index (χ1) is 46.3. The Balaban J connectivity index is 1.08. The van der Waals surface area contributed by atoms with Gasteiger partial charge in [0.15, 0.2) is 26.9 Å². The van der Waals surface area contributed by atoms with E-state index in [-0.39, 0.29) is 54.8 Å². The van der Waals surface area contributed by atoms with E-state index in [0.717, 1.165) is 27.8 Å². The molecule has 3 aromatic heterocycles. The summed E-state index contributed by atoms with van der Waals surface area (Å²) in [7, 11) is -4.82. The molecule has 2 saturated heterocycles. The van der Waals surface area contributed by atoms with Crippen LogP contribution < -0.4 is 22.0 Å². The minimum atomic E-state index is -2.84. The number of hydrogen-bond acceptors (Lipinski definition) is 18. The first kappa shape index (κ1) is 71.1. The van der Waals surface area contributed by atoms with Gasteiger partial charge < -0.3 is 43.1 Å². The predicted molar refractivity (Wildman–Crippen MR) is 369 cm³/mol. The average molecular weight is 1350 g/mol. The van der Waals surface area contributed by atoms with Crippen LogP contribution in [0.5, 0.6) is 0 Å². The predicted octanol–water partition coefficient (Wildman–Crippen LogP) is 11.8. The van der Waals surface area contributed by atoms with Crippen molar-refractivity contribution in [2.75, 3.05) is 23.8 Å². The van der Waals surface area contributed by atoms with Crippen LogP contribution in [-0.4, -0.2) is 121 Å². The lowest BCUT2D eigenvalue weighted by molar-refractivity contribution is -0.154. The minimum Gasteiger partial charge on any atom is -0.455 e. The molecule has 0 spiro atoms. The van der Waals surface area contributed by atoms with Crippen LogP contribution in [0.4, 0.5) is 11.6 Å². The molecule has 5 heterocycles. The van der Waals surface area contributed by atoms with Crippen molar-refractivity contribution in [3.05, 3.63) is 236 Å². The molecule has 10 rings (SSSR count). The molecule has 0 bridgehead atoms. The molecule has 2 aliphatic rings. The van der Waals surface area contributed by atoms with Crippen LogP contribution in [0.1, 0.15) is 135 Å². The molecule has 0 radical (unpaired) electrons. The summed E-state index contributed by atoms with van der Waals surface area (Å²) < 4.78 is 55.5. The van der Waals surface area contributed by atoms with E-state index in [2.05, 4.69) is 65.2 Å². The fraction of sp³-hybridized carbons (Fsp3) is 0.389. The number of benzene rings is 5. The molecule has 2 fully saturated rings. The number of carbonyl (C=O) groups is 3. The quantitative estimate of drug-likeness (QED) is 0.0168. The van der Waals surface area contributed by atoms with Gasteiger partial charge in [-0.1, -0.05) is 152 Å². The third kappa shape index (κ3) is 16.3. The van der Waals surface area contributed by atoms with Crippen LogP contribution in [0.25, 0.3) is 0 Å². The maximum absolute atomic E-state index is 14.6. The van der Waals surface area contributed by atoms with Gasteiger partial charge in [0, 0.05) is 55.1 Å². The summed E-state index contributed by atoms with van der Waals surface area (Å²) in [5, 5.41) is 24.4. The van der Waals surface area contributed by atoms with Gasteiger partial charge in [0.2, 0.25) is 0 Å². The van der Waals surface area contributed by atoms with Crippen LogP contribution in [-0.2, 0) is 49.2 Å². The zero-order valence-corrected chi connectivity index (χ0v) is 58.5. The van der Waals surface area contributed by atoms with E-state index in [1.54, 1.807) is 66.9 Å². The Morgan fingerprint density at radius 3 is 1.64 bits per heavy atom. The number of rotatable bonds is 26. The highest BCUT2D eigenvalue weighted by molar-refractivity contribution is 7.44. The summed E-state index contributed by atoms with van der Waals surface area (Å²) in [6.45, 7) is 23.7. The average Bonchev–Trinajstić information content (AvgIpc) is 1.52. The van der Waals surface area contributed by atoms with Gasteiger partial charge >= 0.3 is 17.3 Å². The number of amides is 2. The largest absolute Gasteiger partial charge is 0.455 e. The zero-order valence-electron chi connectivity index (χ0n) is 56.6. The third-order valence-corrected chi connectivity index (χ3v) is 24.2. The molecule has 2 amide bonds. The monoisotopic (exact) mass is 1350 g/mol. The van der Waals surface area contributed by atoms with Crippen molar-refractivity contribution in [3.8, 4) is 6.07 Å². The standard InChI is InChI=1S/C72H84N11O12PSi/c1-46(2)83(47(3)4)96(90-42-22-39-73)94-62-57(92-68(64(62)95-97(11,12)71(8,9)10)81-41-38-60(77-70(81)88)75-66(86)52-25-18-14-19-26-52)43-56-44-82(79-78-56)61-58(45-89-72(53-27-20-15-21-28-53,54-33-29-48(5)30-34-54)55-35-31-49(6)32-36-55)93-67(63(61)91-50(7)84)80-40-37-59(76-69(80)87)74-65(85)51-23-16-13-17-24-51/h13-21,23-38,40-41,44,46-47,57-58,61-64,67-68H,22,42-43,45H2,1-12H3,(H,74,76,85,87)(H,75,77,86,88)/t57-,58-,61-,62-,63-,64-,67-,68-,96?/m1/s1. The lowest BCUT2D eigenvalue weighted by Crippen LogP contribution is -2.50. The summed E-state index contributed by atoms with van der Waals surface area (Å²) in [6.07, 6.45) is -3.26. The van der Waals surface area contributed by atoms with Crippen molar-refractivity contribution >= 4 is 46.3 Å². The number of aromatic nitrogens is 7. The Labute approximate surface area is 567 Å². The summed E-state index contributed by atoms with van der Waals surface area (Å²) in [4.78, 5) is 78.0. The normalized spacial score (nSPS) is 20.0. The second-order valence-electron chi connectivity index (χ2n) is 26.3. The van der Waals surface area contributed by atoms with Crippen LogP contribution in [0.3, 0.4) is 0 Å². The molecule has 25 heteroatoms. The van der Waals surface area contributed by atoms with Gasteiger partial charge in [-0.25, -0.2) is 18.9 Å². The first-order valence-electron chi connectivity index (χ1n) is 32.4. The van der Waals surface area contributed by atoms with Crippen LogP contribution in [0.15, 0.2) is 180 Å². The van der Waals surface area contributed by atoms with Crippen molar-refractivity contribution in [1.29, 1.82) is 5.26 Å². The molecule has 0 aliphatic carbocycles. The van der Waals surface area contributed by atoms with E-state index < -0.39 is 101 Å². The molecule has 23 nitrogen and oxygen atoms in total. The second kappa shape index (κ2) is 30.8. The number of hydrogen-bond donors (Lipinski definition) is 2. The van der Waals surface area contributed by atoms with Gasteiger partial charge in [-0.15, -0.1) is 5.10 Å². The Morgan fingerprint density at radius 2 is 1.16 bits per heavy atom. The molecule has 508 valence electrons. The van der Waals surface area contributed by atoms with E-state index >= 15 is 0 Å². The topological polar surface area (TPSA) is 267 Å². The summed E-state index contributed by atoms with van der Waals surface area (Å²) >= 11 is 0. The lowest BCUT2D eigenvalue weighted by Gasteiger charge is -2.42. The summed E-state index contributed by atoms with van der Waals surface area (Å²) in [5.74, 6) is -1.65. The summed E-state index contributed by atoms with van der Waals surface area (Å²) in [5.41, 5.74) is 2.71. The van der Waals surface area contributed by atoms with Gasteiger partial charge in [0.05, 0.1) is 37.5 Å². The zero-order chi connectivity index (χ0) is 69.3. The molecular weight excluding hydrogens is 1270 g/mol. The number of ether oxygens (including phenoxy) is 4. The van der Waals surface area contributed by atoms with E-state index in [1.165, 1.54) is 45.3 Å². The van der Waals surface area contributed by atoms with Crippen LogP contribution >= 0.6 is 8.53 Å². The van der Waals surface area contributed by atoms with Crippen LogP contribution in [0.2, 0.25) is 18.1 Å². The second-order valence-corrected chi connectivity index (χ2v) is 32.4. The van der Waals surface area contributed by atoms with Gasteiger partial charge in [-0.05, 0) is 113 Å². The smallest absolute Gasteiger partial charge is 0.351 e. The van der Waals surface area contributed by atoms with Crippen molar-refractivity contribution in [3.63, 3.8) is 0 Å². The number of nitrogens with zero attached hydrogens (tertiary/aromatic N) is 9. The highest BCUT2D eigenvalue weighted by Crippen LogP contribution is 2.53. The SMILES string of the molecule is CC(=O)O[C@@H]1[C@H](n2cc(C[C@H]3O[C@@H](n4ccc(NC(=O)c5ccccc5)nc4=O)[C@H](O[Si](C)(C)C(C)(C)C)[C@@H]3OP(OCCC#N)N(C(C)C)C(C)C)nn2)[C@@H](COC(c2ccccc2)(c2ccc(C)cc2)c2ccc(C)cc2)O[C@H]1n1ccc(NC(=O)c2ccccc2)nc1=O. The molecular formula is C72H84N11O12PSi. The number of aryl methyl sites for hydroxylation is 2. The molecule has 2 N–H and O–H groups in total. The number of nitriles is 1. The number of carbonyl (C=O) groups excluding carboxylic acids is 3. The van der Waals surface area contributed by atoms with E-state index in [0.29, 0.717) is 16.8 Å². The molecule has 97 heavy (non-hydrogen) atoms. The molecule has 5 aromatic carbocycles. The van der Waals surface area contributed by atoms with Gasteiger partial charge in [-0.3, -0.25) is 23.5 Å². The molecule has 0 saturated carbocycles. The first-order valence-corrected chi connectivity index (χ1v) is 36.5. The van der Waals surface area contributed by atoms with E-state index in [9.17, 15) is 29.2 Å². The number of esters is 1. The molecule has 2 aliphatic heterocycles. The maximum Gasteiger partial charge on any atom is 0.351 e. The Hall–Kier alpha value is -8.73. The fourth-order valence-electron chi connectivity index (χ4n) is 11.9. The van der Waals surface area contributed by atoms with Crippen molar-refractivity contribution < 1.29 is 46.8 Å². The van der Waals surface area contributed by atoms with Gasteiger partial charge in [0.25, 0.3) is 20.3 Å². The third-order valence-electron chi connectivity index (χ3n) is 17.6. The Bertz CT molecular complexity index is 4110. The maximum atomic E-state index is 14.6. The molecule has 9 atom stereocenters. The minimum absolute atomic E-state index is 0.0188. The van der Waals surface area contributed by atoms with E-state index in [1.807, 2.05) is 120 Å². The Morgan fingerprint density at radius 1 is 0.680 bits per heavy atom. The van der Waals surface area contributed by atoms with Gasteiger partial charge in [0.1, 0.15) is 41.6 Å². The molecule has 1 unspecified atom stereocenters. The fourth-order valence-corrected chi connectivity index (χ4v) is 14.9. The Kier molecular flexibility index (Phi) is 22.5. The van der Waals surface area contributed by atoms with Crippen LogP contribution in [0, 0.1) is 25.2 Å². The molecule has 8 aromatic rings. The number of anilines is 2. The highest BCUT2D eigenvalue weighted by atomic mass is 31.2. The van der Waals surface area contributed by atoms with Crippen molar-refractivity contribution in [2.24, 2.45) is 0 Å². The lowest BCUT2D eigenvalue weighted by atomic mass is 9.79. The summed E-state index contributed by atoms with van der Waals surface area (Å²) in [6, 6.07) is 47.0. The van der Waals surface area contributed by atoms with Crippen molar-refractivity contribution in [1.82, 2.24) is 38.8 Å². The van der Waals surface area contributed by atoms with E-state index in [4.69, 9.17) is 42.7 Å². The van der Waals surface area contributed by atoms with Gasteiger partial charge in [-0.2, -0.15) is 15.2 Å².